The van der Waals surface area contributed by atoms with Crippen molar-refractivity contribution < 1.29 is 13.2 Å². The summed E-state index contributed by atoms with van der Waals surface area (Å²) in [5.74, 6) is 0.602. The zero-order chi connectivity index (χ0) is 13.8. The Balaban J connectivity index is 2.99. The Labute approximate surface area is 115 Å². The van der Waals surface area contributed by atoms with Gasteiger partial charge in [-0.05, 0) is 40.5 Å². The normalized spacial score (nSPS) is 12.6. The molecule has 0 aliphatic heterocycles. The molecular weight excluding hydrogens is 320 g/mol. The summed E-state index contributed by atoms with van der Waals surface area (Å²) >= 11 is 3.26. The summed E-state index contributed by atoms with van der Waals surface area (Å²) in [6.45, 7) is 1.65. The average Bonchev–Trinajstić information content (AvgIpc) is 2.29. The molecular formula is C11H13BrN2O3S. The van der Waals surface area contributed by atoms with Crippen LogP contribution in [0.1, 0.15) is 13.3 Å². The second kappa shape index (κ2) is 6.07. The summed E-state index contributed by atoms with van der Waals surface area (Å²) in [4.78, 5) is 0. The highest BCUT2D eigenvalue weighted by Crippen LogP contribution is 2.28. The molecule has 1 atom stereocenters. The summed E-state index contributed by atoms with van der Waals surface area (Å²) in [6, 6.07) is 6.56. The van der Waals surface area contributed by atoms with Gasteiger partial charge in [-0.2, -0.15) is 5.26 Å². The lowest BCUT2D eigenvalue weighted by Crippen LogP contribution is -2.25. The van der Waals surface area contributed by atoms with Gasteiger partial charge in [-0.25, -0.2) is 8.42 Å². The van der Waals surface area contributed by atoms with Crippen LogP contribution in [-0.4, -0.2) is 20.8 Å². The third-order valence-corrected chi connectivity index (χ3v) is 4.63. The van der Waals surface area contributed by atoms with Gasteiger partial charge < -0.3 is 4.74 Å². The summed E-state index contributed by atoms with van der Waals surface area (Å²) in [6.07, 6.45) is 0.239. The molecule has 0 amide bonds. The average molecular weight is 333 g/mol. The molecule has 0 spiro atoms. The molecule has 0 aromatic heterocycles. The van der Waals surface area contributed by atoms with E-state index in [9.17, 15) is 8.42 Å². The molecule has 0 saturated carbocycles. The molecule has 18 heavy (non-hydrogen) atoms. The highest BCUT2D eigenvalue weighted by Gasteiger charge is 2.23. The minimum Gasteiger partial charge on any atom is -0.496 e. The van der Waals surface area contributed by atoms with Crippen LogP contribution < -0.4 is 9.46 Å². The fraction of sp³-hybridized carbons (Fsp3) is 0.364. The van der Waals surface area contributed by atoms with Crippen LogP contribution in [0.25, 0.3) is 0 Å². The lowest BCUT2D eigenvalue weighted by atomic mass is 10.3. The number of rotatable bonds is 5. The minimum atomic E-state index is -3.68. The number of benzene rings is 1. The molecule has 98 valence electrons. The first-order chi connectivity index (χ1) is 8.44. The van der Waals surface area contributed by atoms with Gasteiger partial charge in [0.2, 0.25) is 10.0 Å². The van der Waals surface area contributed by atoms with Crippen molar-refractivity contribution in [3.63, 3.8) is 0 Å². The maximum atomic E-state index is 11.8. The fourth-order valence-electron chi connectivity index (χ4n) is 1.35. The van der Waals surface area contributed by atoms with Crippen molar-refractivity contribution in [1.82, 2.24) is 0 Å². The van der Waals surface area contributed by atoms with E-state index in [1.165, 1.54) is 7.11 Å². The van der Waals surface area contributed by atoms with Crippen LogP contribution in [0, 0.1) is 11.3 Å². The number of nitriles is 1. The van der Waals surface area contributed by atoms with Crippen LogP contribution in [0.2, 0.25) is 0 Å². The van der Waals surface area contributed by atoms with Gasteiger partial charge in [0.05, 0.1) is 17.7 Å². The molecule has 0 radical (unpaired) electrons. The van der Waals surface area contributed by atoms with Crippen molar-refractivity contribution in [2.75, 3.05) is 11.8 Å². The van der Waals surface area contributed by atoms with E-state index in [0.717, 1.165) is 0 Å². The number of methoxy groups -OCH3 is 1. The summed E-state index contributed by atoms with van der Waals surface area (Å²) in [5.41, 5.74) is 0.386. The van der Waals surface area contributed by atoms with Gasteiger partial charge in [0.1, 0.15) is 5.75 Å². The Bertz CT molecular complexity index is 566. The fourth-order valence-corrected chi connectivity index (χ4v) is 3.06. The highest BCUT2D eigenvalue weighted by molar-refractivity contribution is 9.10. The van der Waals surface area contributed by atoms with Crippen molar-refractivity contribution in [3.05, 3.63) is 22.7 Å². The monoisotopic (exact) mass is 332 g/mol. The number of anilines is 1. The maximum Gasteiger partial charge on any atom is 0.249 e. The van der Waals surface area contributed by atoms with Gasteiger partial charge in [0.25, 0.3) is 0 Å². The van der Waals surface area contributed by atoms with Crippen molar-refractivity contribution >= 4 is 31.6 Å². The lowest BCUT2D eigenvalue weighted by Gasteiger charge is -2.12. The predicted molar refractivity (Wildman–Crippen MR) is 72.9 cm³/mol. The van der Waals surface area contributed by atoms with Crippen LogP contribution in [0.5, 0.6) is 5.75 Å². The summed E-state index contributed by atoms with van der Waals surface area (Å²) in [5, 5.41) is 7.72. The van der Waals surface area contributed by atoms with E-state index < -0.39 is 15.3 Å². The van der Waals surface area contributed by atoms with Gasteiger partial charge >= 0.3 is 0 Å². The number of hydrogen-bond acceptors (Lipinski definition) is 4. The topological polar surface area (TPSA) is 79.2 Å². The second-order valence-electron chi connectivity index (χ2n) is 3.52. The summed E-state index contributed by atoms with van der Waals surface area (Å²) in [7, 11) is -2.16. The van der Waals surface area contributed by atoms with Gasteiger partial charge in [-0.15, -0.1) is 0 Å². The van der Waals surface area contributed by atoms with E-state index in [1.807, 2.05) is 0 Å². The second-order valence-corrected chi connectivity index (χ2v) is 6.24. The first-order valence-electron chi connectivity index (χ1n) is 5.19. The molecule has 0 saturated heterocycles. The standard InChI is InChI=1S/C11H13BrN2O3S/c1-3-9(7-13)18(15,16)14-8-4-5-11(17-2)10(12)6-8/h4-6,9,14H,3H2,1-2H3. The Morgan fingerprint density at radius 1 is 1.56 bits per heavy atom. The first kappa shape index (κ1) is 14.8. The molecule has 0 bridgehead atoms. The molecule has 1 aromatic carbocycles. The van der Waals surface area contributed by atoms with Gasteiger partial charge in [0, 0.05) is 5.69 Å². The number of halogens is 1. The first-order valence-corrected chi connectivity index (χ1v) is 7.53. The summed E-state index contributed by atoms with van der Waals surface area (Å²) < 4.78 is 31.8. The Morgan fingerprint density at radius 3 is 2.67 bits per heavy atom. The predicted octanol–water partition coefficient (Wildman–Crippen LogP) is 2.50. The molecule has 1 aromatic rings. The van der Waals surface area contributed by atoms with Crippen molar-refractivity contribution in [2.24, 2.45) is 0 Å². The van der Waals surface area contributed by atoms with Crippen molar-refractivity contribution in [3.8, 4) is 11.8 Å². The van der Waals surface area contributed by atoms with Crippen LogP contribution in [0.3, 0.4) is 0 Å². The molecule has 5 nitrogen and oxygen atoms in total. The molecule has 7 heteroatoms. The molecule has 0 fully saturated rings. The quantitative estimate of drug-likeness (QED) is 0.898. The van der Waals surface area contributed by atoms with E-state index >= 15 is 0 Å². The number of ether oxygens (including phenoxy) is 1. The minimum absolute atomic E-state index is 0.239. The van der Waals surface area contributed by atoms with E-state index in [4.69, 9.17) is 10.00 Å². The van der Waals surface area contributed by atoms with E-state index in [1.54, 1.807) is 31.2 Å². The molecule has 0 aliphatic rings. The molecule has 1 unspecified atom stereocenters. The number of nitrogens with zero attached hydrogens (tertiary/aromatic N) is 1. The Kier molecular flexibility index (Phi) is 4.99. The van der Waals surface area contributed by atoms with Crippen LogP contribution in [0.15, 0.2) is 22.7 Å². The van der Waals surface area contributed by atoms with Gasteiger partial charge in [-0.3, -0.25) is 4.72 Å². The van der Waals surface area contributed by atoms with Gasteiger partial charge in [0.15, 0.2) is 5.25 Å². The Hall–Kier alpha value is -1.26. The third kappa shape index (κ3) is 3.37. The molecule has 1 N–H and O–H groups in total. The zero-order valence-corrected chi connectivity index (χ0v) is 12.4. The van der Waals surface area contributed by atoms with Crippen LogP contribution in [-0.2, 0) is 10.0 Å². The number of nitrogens with one attached hydrogen (secondary N) is 1. The van der Waals surface area contributed by atoms with Crippen LogP contribution in [0.4, 0.5) is 5.69 Å². The smallest absolute Gasteiger partial charge is 0.249 e. The van der Waals surface area contributed by atoms with E-state index in [0.29, 0.717) is 15.9 Å². The third-order valence-electron chi connectivity index (χ3n) is 2.30. The highest BCUT2D eigenvalue weighted by atomic mass is 79.9. The number of sulfonamides is 1. The lowest BCUT2D eigenvalue weighted by molar-refractivity contribution is 0.412. The SMILES string of the molecule is CCC(C#N)S(=O)(=O)Nc1ccc(OC)c(Br)c1. The van der Waals surface area contributed by atoms with Gasteiger partial charge in [-0.1, -0.05) is 6.92 Å². The Morgan fingerprint density at radius 2 is 2.22 bits per heavy atom. The van der Waals surface area contributed by atoms with E-state index in [-0.39, 0.29) is 6.42 Å². The molecule has 0 heterocycles. The van der Waals surface area contributed by atoms with Crippen LogP contribution >= 0.6 is 15.9 Å². The number of hydrogen-bond donors (Lipinski definition) is 1. The molecule has 1 rings (SSSR count). The van der Waals surface area contributed by atoms with E-state index in [2.05, 4.69) is 20.7 Å². The maximum absolute atomic E-state index is 11.8. The zero-order valence-electron chi connectivity index (χ0n) is 9.97. The molecule has 0 aliphatic carbocycles. The van der Waals surface area contributed by atoms with Crippen molar-refractivity contribution in [1.29, 1.82) is 5.26 Å². The van der Waals surface area contributed by atoms with Crippen molar-refractivity contribution in [2.45, 2.75) is 18.6 Å². The largest absolute Gasteiger partial charge is 0.496 e.